The van der Waals surface area contributed by atoms with Crippen molar-refractivity contribution in [3.8, 4) is 0 Å². The highest BCUT2D eigenvalue weighted by Gasteiger charge is 2.17. The molecule has 0 aliphatic heterocycles. The van der Waals surface area contributed by atoms with E-state index >= 15 is 0 Å². The minimum Gasteiger partial charge on any atom is -0.466 e. The van der Waals surface area contributed by atoms with Gasteiger partial charge in [0.05, 0.1) is 7.11 Å². The van der Waals surface area contributed by atoms with E-state index in [0.29, 0.717) is 0 Å². The molecule has 1 aliphatic rings. The summed E-state index contributed by atoms with van der Waals surface area (Å²) in [5, 5.41) is 0. The van der Waals surface area contributed by atoms with Crippen LogP contribution in [-0.4, -0.2) is 19.1 Å². The highest BCUT2D eigenvalue weighted by molar-refractivity contribution is 5.88. The molecule has 0 fully saturated rings. The van der Waals surface area contributed by atoms with E-state index in [-0.39, 0.29) is 12.0 Å². The minimum absolute atomic E-state index is 0.0501. The van der Waals surface area contributed by atoms with Gasteiger partial charge in [0, 0.05) is 11.6 Å². The Balaban J connectivity index is 2.57. The predicted octanol–water partition coefficient (Wildman–Crippen LogP) is 0.207. The topological polar surface area (TPSA) is 52.3 Å². The van der Waals surface area contributed by atoms with E-state index in [0.717, 1.165) is 18.4 Å². The lowest BCUT2D eigenvalue weighted by atomic mass is 10.2. The second kappa shape index (κ2) is 2.84. The number of rotatable bonds is 1. The van der Waals surface area contributed by atoms with Crippen molar-refractivity contribution in [2.75, 3.05) is 7.11 Å². The molecule has 0 aromatic heterocycles. The summed E-state index contributed by atoms with van der Waals surface area (Å²) in [6.45, 7) is 0. The number of methoxy groups -OCH3 is 1. The molecule has 0 aromatic rings. The zero-order valence-corrected chi connectivity index (χ0v) is 5.96. The molecule has 56 valence electrons. The SMILES string of the molecule is COC(=O)C1=CC(N)CC1. The van der Waals surface area contributed by atoms with Crippen LogP contribution < -0.4 is 5.73 Å². The Kier molecular flexibility index (Phi) is 2.06. The maximum absolute atomic E-state index is 10.8. The maximum Gasteiger partial charge on any atom is 0.333 e. The molecule has 3 heteroatoms. The van der Waals surface area contributed by atoms with Crippen LogP contribution in [0, 0.1) is 0 Å². The number of carbonyl (C=O) groups is 1. The molecule has 0 radical (unpaired) electrons. The predicted molar refractivity (Wildman–Crippen MR) is 37.3 cm³/mol. The van der Waals surface area contributed by atoms with Gasteiger partial charge in [-0.1, -0.05) is 6.08 Å². The fraction of sp³-hybridized carbons (Fsp3) is 0.571. The van der Waals surface area contributed by atoms with Gasteiger partial charge in [-0.3, -0.25) is 0 Å². The molecule has 0 saturated carbocycles. The third-order valence-corrected chi connectivity index (χ3v) is 1.61. The smallest absolute Gasteiger partial charge is 0.333 e. The maximum atomic E-state index is 10.8. The summed E-state index contributed by atoms with van der Waals surface area (Å²) in [7, 11) is 1.38. The van der Waals surface area contributed by atoms with Crippen molar-refractivity contribution in [1.82, 2.24) is 0 Å². The lowest BCUT2D eigenvalue weighted by Crippen LogP contribution is -2.12. The number of esters is 1. The van der Waals surface area contributed by atoms with E-state index in [1.165, 1.54) is 7.11 Å². The largest absolute Gasteiger partial charge is 0.466 e. The quantitative estimate of drug-likeness (QED) is 0.531. The first-order valence-corrected chi connectivity index (χ1v) is 3.28. The van der Waals surface area contributed by atoms with Crippen LogP contribution in [-0.2, 0) is 9.53 Å². The average Bonchev–Trinajstić information content (AvgIpc) is 2.34. The van der Waals surface area contributed by atoms with Crippen molar-refractivity contribution >= 4 is 5.97 Å². The van der Waals surface area contributed by atoms with Gasteiger partial charge in [-0.25, -0.2) is 4.79 Å². The van der Waals surface area contributed by atoms with Crippen molar-refractivity contribution in [1.29, 1.82) is 0 Å². The summed E-state index contributed by atoms with van der Waals surface area (Å²) in [6.07, 6.45) is 3.39. The van der Waals surface area contributed by atoms with Gasteiger partial charge in [0.2, 0.25) is 0 Å². The zero-order valence-electron chi connectivity index (χ0n) is 5.96. The summed E-state index contributed by atoms with van der Waals surface area (Å²) < 4.78 is 4.52. The minimum atomic E-state index is -0.243. The molecule has 0 amide bonds. The van der Waals surface area contributed by atoms with Crippen LogP contribution in [0.1, 0.15) is 12.8 Å². The third kappa shape index (κ3) is 1.36. The standard InChI is InChI=1S/C7H11NO2/c1-10-7(9)5-2-3-6(8)4-5/h4,6H,2-3,8H2,1H3. The van der Waals surface area contributed by atoms with E-state index < -0.39 is 0 Å². The van der Waals surface area contributed by atoms with Crippen molar-refractivity contribution in [2.45, 2.75) is 18.9 Å². The van der Waals surface area contributed by atoms with Gasteiger partial charge in [-0.05, 0) is 12.8 Å². The van der Waals surface area contributed by atoms with Crippen LogP contribution in [0.2, 0.25) is 0 Å². The lowest BCUT2D eigenvalue weighted by Gasteiger charge is -1.95. The van der Waals surface area contributed by atoms with E-state index in [2.05, 4.69) is 4.74 Å². The Morgan fingerprint density at radius 3 is 3.00 bits per heavy atom. The lowest BCUT2D eigenvalue weighted by molar-refractivity contribution is -0.136. The molecule has 0 saturated heterocycles. The first-order valence-electron chi connectivity index (χ1n) is 3.28. The van der Waals surface area contributed by atoms with Gasteiger partial charge < -0.3 is 10.5 Å². The second-order valence-electron chi connectivity index (χ2n) is 2.39. The van der Waals surface area contributed by atoms with Gasteiger partial charge >= 0.3 is 5.97 Å². The summed E-state index contributed by atoms with van der Waals surface area (Å²) in [5.41, 5.74) is 6.25. The number of carbonyl (C=O) groups excluding carboxylic acids is 1. The molecule has 10 heavy (non-hydrogen) atoms. The highest BCUT2D eigenvalue weighted by atomic mass is 16.5. The molecule has 0 spiro atoms. The summed E-state index contributed by atoms with van der Waals surface area (Å²) in [4.78, 5) is 10.8. The number of nitrogens with two attached hydrogens (primary N) is 1. The van der Waals surface area contributed by atoms with Crippen LogP contribution in [0.5, 0.6) is 0 Å². The Morgan fingerprint density at radius 2 is 2.60 bits per heavy atom. The fourth-order valence-corrected chi connectivity index (χ4v) is 1.05. The van der Waals surface area contributed by atoms with E-state index in [4.69, 9.17) is 5.73 Å². The molecule has 2 N–H and O–H groups in total. The summed E-state index contributed by atoms with van der Waals surface area (Å²) in [5.74, 6) is -0.243. The Hall–Kier alpha value is -0.830. The van der Waals surface area contributed by atoms with Crippen molar-refractivity contribution < 1.29 is 9.53 Å². The van der Waals surface area contributed by atoms with Gasteiger partial charge in [-0.2, -0.15) is 0 Å². The van der Waals surface area contributed by atoms with E-state index in [1.807, 2.05) is 0 Å². The number of hydrogen-bond donors (Lipinski definition) is 1. The van der Waals surface area contributed by atoms with Gasteiger partial charge in [0.25, 0.3) is 0 Å². The number of ether oxygens (including phenoxy) is 1. The monoisotopic (exact) mass is 141 g/mol. The molecule has 0 aromatic carbocycles. The van der Waals surface area contributed by atoms with Crippen LogP contribution in [0.15, 0.2) is 11.6 Å². The Bertz CT molecular complexity index is 174. The molecule has 0 bridgehead atoms. The fourth-order valence-electron chi connectivity index (χ4n) is 1.05. The molecule has 1 atom stereocenters. The van der Waals surface area contributed by atoms with E-state index in [1.54, 1.807) is 6.08 Å². The normalized spacial score (nSPS) is 24.2. The first-order chi connectivity index (χ1) is 4.74. The molecule has 1 aliphatic carbocycles. The van der Waals surface area contributed by atoms with E-state index in [9.17, 15) is 4.79 Å². The van der Waals surface area contributed by atoms with Crippen LogP contribution in [0.3, 0.4) is 0 Å². The highest BCUT2D eigenvalue weighted by Crippen LogP contribution is 2.17. The summed E-state index contributed by atoms with van der Waals surface area (Å²) in [6, 6.07) is 0.0501. The molecule has 3 nitrogen and oxygen atoms in total. The van der Waals surface area contributed by atoms with Gasteiger partial charge in [0.15, 0.2) is 0 Å². The van der Waals surface area contributed by atoms with Crippen molar-refractivity contribution in [3.05, 3.63) is 11.6 Å². The van der Waals surface area contributed by atoms with Crippen LogP contribution in [0.25, 0.3) is 0 Å². The Labute approximate surface area is 59.8 Å². The third-order valence-electron chi connectivity index (χ3n) is 1.61. The molecule has 1 unspecified atom stereocenters. The molecule has 1 rings (SSSR count). The molecular weight excluding hydrogens is 130 g/mol. The van der Waals surface area contributed by atoms with Crippen LogP contribution >= 0.6 is 0 Å². The first kappa shape index (κ1) is 7.28. The molecular formula is C7H11NO2. The van der Waals surface area contributed by atoms with Gasteiger partial charge in [-0.15, -0.1) is 0 Å². The van der Waals surface area contributed by atoms with Crippen molar-refractivity contribution in [3.63, 3.8) is 0 Å². The van der Waals surface area contributed by atoms with Crippen LogP contribution in [0.4, 0.5) is 0 Å². The zero-order chi connectivity index (χ0) is 7.56. The molecule has 0 heterocycles. The van der Waals surface area contributed by atoms with Crippen molar-refractivity contribution in [2.24, 2.45) is 5.73 Å². The average molecular weight is 141 g/mol. The Morgan fingerprint density at radius 1 is 1.90 bits per heavy atom. The van der Waals surface area contributed by atoms with Gasteiger partial charge in [0.1, 0.15) is 0 Å². The summed E-state index contributed by atoms with van der Waals surface area (Å²) >= 11 is 0. The second-order valence-corrected chi connectivity index (χ2v) is 2.39. The number of hydrogen-bond acceptors (Lipinski definition) is 3.